The molecular weight excluding hydrogens is 663 g/mol. The van der Waals surface area contributed by atoms with Crippen LogP contribution >= 0.6 is 0 Å². The van der Waals surface area contributed by atoms with Crippen LogP contribution in [0.15, 0.2) is 30.6 Å². The fourth-order valence-corrected chi connectivity index (χ4v) is 4.63. The smallest absolute Gasteiger partial charge is 0.508 e. The number of carbonyl (C=O) groups excluding carboxylic acids is 3. The van der Waals surface area contributed by atoms with Crippen LogP contribution in [0.2, 0.25) is 0 Å². The second kappa shape index (κ2) is 29.9. The number of amides is 1. The van der Waals surface area contributed by atoms with Gasteiger partial charge in [-0.1, -0.05) is 109 Å². The molecule has 1 amide bonds. The first-order chi connectivity index (χ1) is 20.5. The zero-order valence-corrected chi connectivity index (χ0v) is 28.9. The second-order valence-corrected chi connectivity index (χ2v) is 10.9. The number of methoxy groups -OCH3 is 1. The third kappa shape index (κ3) is 26.0. The lowest BCUT2D eigenvalue weighted by molar-refractivity contribution is -0.697. The summed E-state index contributed by atoms with van der Waals surface area (Å²) < 4.78 is 22.0. The van der Waals surface area contributed by atoms with E-state index in [2.05, 4.69) is 17.0 Å². The largest absolute Gasteiger partial charge is 1.00 e. The number of halogens is 1. The van der Waals surface area contributed by atoms with Gasteiger partial charge in [-0.15, -0.1) is 0 Å². The number of nitrogens with zero attached hydrogens (tertiary/aromatic N) is 1. The third-order valence-corrected chi connectivity index (χ3v) is 7.13. The molecule has 9 nitrogen and oxygen atoms in total. The molecule has 0 saturated heterocycles. The quantitative estimate of drug-likeness (QED) is 0.0497. The Balaban J connectivity index is 0.0000176. The summed E-state index contributed by atoms with van der Waals surface area (Å²) in [6.45, 7) is 3.00. The van der Waals surface area contributed by atoms with E-state index in [1.54, 1.807) is 0 Å². The molecule has 0 bridgehead atoms. The van der Waals surface area contributed by atoms with Gasteiger partial charge in [0.05, 0.1) is 13.5 Å². The molecule has 1 aromatic heterocycles. The molecule has 1 heterocycles. The summed E-state index contributed by atoms with van der Waals surface area (Å²) in [5.74, 6) is -0.419. The molecule has 0 aliphatic carbocycles. The number of pyridine rings is 1. The van der Waals surface area contributed by atoms with E-state index < -0.39 is 24.3 Å². The fourth-order valence-electron chi connectivity index (χ4n) is 4.63. The van der Waals surface area contributed by atoms with Crippen LogP contribution in [0, 0.1) is 0 Å². The third-order valence-electron chi connectivity index (χ3n) is 7.13. The number of aryl methyl sites for hydroxylation is 1. The van der Waals surface area contributed by atoms with Crippen molar-refractivity contribution in [2.45, 2.75) is 135 Å². The van der Waals surface area contributed by atoms with Gasteiger partial charge in [0.1, 0.15) is 19.8 Å². The molecule has 1 unspecified atom stereocenters. The first kappa shape index (κ1) is 40.9. The van der Waals surface area contributed by atoms with Crippen LogP contribution in [0.4, 0.5) is 9.59 Å². The maximum absolute atomic E-state index is 12.1. The van der Waals surface area contributed by atoms with Crippen LogP contribution in [0.1, 0.15) is 122 Å². The molecule has 0 aliphatic heterocycles. The van der Waals surface area contributed by atoms with E-state index >= 15 is 0 Å². The lowest BCUT2D eigenvalue weighted by atomic mass is 10.0. The lowest BCUT2D eigenvalue weighted by Gasteiger charge is -2.17. The van der Waals surface area contributed by atoms with E-state index in [0.29, 0.717) is 19.5 Å². The Hall–Kier alpha value is -2.11. The normalized spacial score (nSPS) is 11.2. The van der Waals surface area contributed by atoms with Crippen molar-refractivity contribution in [3.8, 4) is 0 Å². The monoisotopic (exact) mass is 720 g/mol. The summed E-state index contributed by atoms with van der Waals surface area (Å²) in [5, 5.41) is 2.72. The van der Waals surface area contributed by atoms with Crippen molar-refractivity contribution in [1.29, 1.82) is 0 Å². The average Bonchev–Trinajstić information content (AvgIpc) is 3.00. The van der Waals surface area contributed by atoms with Crippen LogP contribution in [0.25, 0.3) is 0 Å². The van der Waals surface area contributed by atoms with Crippen molar-refractivity contribution in [1.82, 2.24) is 5.32 Å². The van der Waals surface area contributed by atoms with Gasteiger partial charge in [0, 0.05) is 25.1 Å². The van der Waals surface area contributed by atoms with Gasteiger partial charge in [0.15, 0.2) is 18.5 Å². The summed E-state index contributed by atoms with van der Waals surface area (Å²) in [4.78, 5) is 35.7. The maximum Gasteiger partial charge on any atom is 0.508 e. The molecule has 0 radical (unpaired) electrons. The molecule has 1 aromatic rings. The average molecular weight is 721 g/mol. The molecule has 43 heavy (non-hydrogen) atoms. The Kier molecular flexibility index (Phi) is 28.5. The molecule has 0 aromatic carbocycles. The number of rotatable bonds is 26. The minimum atomic E-state index is -0.953. The van der Waals surface area contributed by atoms with Gasteiger partial charge in [-0.3, -0.25) is 4.79 Å². The summed E-state index contributed by atoms with van der Waals surface area (Å²) >= 11 is 0. The number of esters is 1. The van der Waals surface area contributed by atoms with Crippen LogP contribution in [0.3, 0.4) is 0 Å². The van der Waals surface area contributed by atoms with E-state index in [0.717, 1.165) is 12.8 Å². The zero-order chi connectivity index (χ0) is 30.5. The molecule has 248 valence electrons. The molecular formula is C33H57IN2O7. The van der Waals surface area contributed by atoms with Crippen LogP contribution in [-0.2, 0) is 30.3 Å². The van der Waals surface area contributed by atoms with Gasteiger partial charge < -0.3 is 48.2 Å². The van der Waals surface area contributed by atoms with Crippen molar-refractivity contribution in [3.63, 3.8) is 0 Å². The van der Waals surface area contributed by atoms with E-state index in [1.807, 2.05) is 35.2 Å². The molecule has 0 fully saturated rings. The fraction of sp³-hybridized carbons (Fsp3) is 0.758. The Labute approximate surface area is 277 Å². The Morgan fingerprint density at radius 2 is 1.21 bits per heavy atom. The first-order valence-electron chi connectivity index (χ1n) is 16.3. The molecule has 10 heteroatoms. The van der Waals surface area contributed by atoms with Crippen LogP contribution in [-0.4, -0.2) is 51.2 Å². The molecule has 0 aliphatic rings. The van der Waals surface area contributed by atoms with Gasteiger partial charge in [-0.05, 0) is 6.42 Å². The second-order valence-electron chi connectivity index (χ2n) is 10.9. The van der Waals surface area contributed by atoms with Crippen molar-refractivity contribution < 1.29 is 61.9 Å². The van der Waals surface area contributed by atoms with E-state index in [4.69, 9.17) is 14.2 Å². The molecule has 1 atom stereocenters. The number of hydrogen-bond acceptors (Lipinski definition) is 7. The number of ether oxygens (including phenoxy) is 4. The highest BCUT2D eigenvalue weighted by Crippen LogP contribution is 2.13. The molecule has 1 rings (SSSR count). The number of alkyl carbamates (subject to hydrolysis) is 1. The Bertz CT molecular complexity index is 814. The summed E-state index contributed by atoms with van der Waals surface area (Å²) in [6, 6.07) is 5.77. The SMILES string of the molecule is CCCCCCCCCCCCCCCCCCNC(=O)OCC(COC(=O)CCC[n+]1ccccc1)OC(=O)OC.[I-]. The summed E-state index contributed by atoms with van der Waals surface area (Å²) in [5.41, 5.74) is 0. The van der Waals surface area contributed by atoms with Crippen molar-refractivity contribution in [3.05, 3.63) is 30.6 Å². The van der Waals surface area contributed by atoms with Crippen molar-refractivity contribution in [2.24, 2.45) is 0 Å². The molecule has 1 N–H and O–H groups in total. The van der Waals surface area contributed by atoms with Crippen molar-refractivity contribution in [2.75, 3.05) is 26.9 Å². The highest BCUT2D eigenvalue weighted by molar-refractivity contribution is 5.69. The number of hydrogen-bond donors (Lipinski definition) is 1. The topological polar surface area (TPSA) is 104 Å². The Morgan fingerprint density at radius 3 is 1.74 bits per heavy atom. The number of unbranched alkanes of at least 4 members (excludes halogenated alkanes) is 15. The number of nitrogens with one attached hydrogen (secondary N) is 1. The highest BCUT2D eigenvalue weighted by Gasteiger charge is 2.20. The lowest BCUT2D eigenvalue weighted by Crippen LogP contribution is -3.00. The van der Waals surface area contributed by atoms with Gasteiger partial charge >= 0.3 is 18.2 Å². The van der Waals surface area contributed by atoms with E-state index in [1.165, 1.54) is 97.0 Å². The van der Waals surface area contributed by atoms with Gasteiger partial charge in [0.25, 0.3) is 0 Å². The summed E-state index contributed by atoms with van der Waals surface area (Å²) in [6.07, 6.45) is 22.9. The highest BCUT2D eigenvalue weighted by atomic mass is 127. The molecule has 0 spiro atoms. The van der Waals surface area contributed by atoms with Crippen LogP contribution < -0.4 is 33.9 Å². The minimum Gasteiger partial charge on any atom is -1.00 e. The predicted octanol–water partition coefficient (Wildman–Crippen LogP) is 4.44. The maximum atomic E-state index is 12.1. The first-order valence-corrected chi connectivity index (χ1v) is 16.3. The predicted molar refractivity (Wildman–Crippen MR) is 163 cm³/mol. The minimum absolute atomic E-state index is 0. The molecule has 0 saturated carbocycles. The van der Waals surface area contributed by atoms with Crippen LogP contribution in [0.5, 0.6) is 0 Å². The number of aromatic nitrogens is 1. The van der Waals surface area contributed by atoms with E-state index in [-0.39, 0.29) is 43.6 Å². The Morgan fingerprint density at radius 1 is 0.698 bits per heavy atom. The van der Waals surface area contributed by atoms with Gasteiger partial charge in [-0.25, -0.2) is 14.2 Å². The van der Waals surface area contributed by atoms with E-state index in [9.17, 15) is 14.4 Å². The van der Waals surface area contributed by atoms with Gasteiger partial charge in [0.2, 0.25) is 0 Å². The van der Waals surface area contributed by atoms with Gasteiger partial charge in [-0.2, -0.15) is 0 Å². The summed E-state index contributed by atoms with van der Waals surface area (Å²) in [7, 11) is 1.18. The standard InChI is InChI=1S/C33H56N2O7.HI/c1-3-4-5-6-7-8-9-10-11-12-13-14-15-16-17-19-24-34-32(37)41-29-30(42-33(38)39-2)28-40-31(36)23-22-27-35-25-20-18-21-26-35;/h18,20-21,25-26,30H,3-17,19,22-24,27-29H2,1-2H3;1H. The number of carbonyl (C=O) groups is 3. The van der Waals surface area contributed by atoms with Crippen molar-refractivity contribution >= 4 is 18.2 Å². The zero-order valence-electron chi connectivity index (χ0n) is 26.7.